The highest BCUT2D eigenvalue weighted by Crippen LogP contribution is 2.26. The summed E-state index contributed by atoms with van der Waals surface area (Å²) in [6.07, 6.45) is 4.56. The molecule has 1 aliphatic rings. The summed E-state index contributed by atoms with van der Waals surface area (Å²) in [7, 11) is 0. The number of pyridine rings is 1. The Balaban J connectivity index is 0.00000280. The maximum Gasteiger partial charge on any atom is 0.288 e. The Morgan fingerprint density at radius 3 is 2.64 bits per heavy atom. The highest BCUT2D eigenvalue weighted by molar-refractivity contribution is 7.99. The van der Waals surface area contributed by atoms with Crippen molar-refractivity contribution in [1.29, 1.82) is 0 Å². The summed E-state index contributed by atoms with van der Waals surface area (Å²) in [6, 6.07) is 12.2. The van der Waals surface area contributed by atoms with Crippen molar-refractivity contribution < 1.29 is 13.6 Å². The number of thioether (sulfide) groups is 1. The van der Waals surface area contributed by atoms with Gasteiger partial charge in [0.15, 0.2) is 0 Å². The van der Waals surface area contributed by atoms with Crippen LogP contribution in [0.5, 0.6) is 0 Å². The van der Waals surface area contributed by atoms with Gasteiger partial charge in [-0.3, -0.25) is 9.78 Å². The van der Waals surface area contributed by atoms with Crippen LogP contribution in [0.1, 0.15) is 35.3 Å². The lowest BCUT2D eigenvalue weighted by Crippen LogP contribution is -2.40. The number of hydrogen-bond donors (Lipinski definition) is 1. The largest absolute Gasteiger partial charge is 0.330 e. The van der Waals surface area contributed by atoms with Crippen molar-refractivity contribution in [2.24, 2.45) is 0 Å². The van der Waals surface area contributed by atoms with Gasteiger partial charge in [0.1, 0.15) is 0 Å². The molecule has 2 heterocycles. The molecule has 152 valence electrons. The summed E-state index contributed by atoms with van der Waals surface area (Å²) < 4.78 is 25.0. The van der Waals surface area contributed by atoms with Crippen molar-refractivity contribution in [3.63, 3.8) is 0 Å². The number of aromatic nitrogens is 1. The quantitative estimate of drug-likeness (QED) is 0.684. The predicted molar refractivity (Wildman–Crippen MR) is 110 cm³/mol. The van der Waals surface area contributed by atoms with E-state index in [1.165, 1.54) is 0 Å². The molecular formula is C20H24ClF2N3OS. The van der Waals surface area contributed by atoms with Crippen molar-refractivity contribution in [1.82, 2.24) is 15.2 Å². The number of nitrogens with zero attached hydrogens (tertiary/aromatic N) is 2. The van der Waals surface area contributed by atoms with Crippen LogP contribution < -0.4 is 5.32 Å². The third-order valence-electron chi connectivity index (χ3n) is 4.63. The number of carbonyl (C=O) groups is 1. The van der Waals surface area contributed by atoms with Gasteiger partial charge >= 0.3 is 0 Å². The predicted octanol–water partition coefficient (Wildman–Crippen LogP) is 4.60. The molecule has 1 atom stereocenters. The molecule has 1 aliphatic heterocycles. The number of carbonyl (C=O) groups excluding carboxylic acids is 1. The maximum absolute atomic E-state index is 13.2. The van der Waals surface area contributed by atoms with Gasteiger partial charge in [0.25, 0.3) is 11.7 Å². The van der Waals surface area contributed by atoms with E-state index in [9.17, 15) is 13.6 Å². The first-order chi connectivity index (χ1) is 13.1. The summed E-state index contributed by atoms with van der Waals surface area (Å²) >= 11 is 0.484. The summed E-state index contributed by atoms with van der Waals surface area (Å²) in [5.74, 6) is -2.55. The first-order valence-corrected chi connectivity index (χ1v) is 9.98. The van der Waals surface area contributed by atoms with E-state index in [4.69, 9.17) is 0 Å². The van der Waals surface area contributed by atoms with Crippen LogP contribution in [-0.4, -0.2) is 40.7 Å². The maximum atomic E-state index is 13.2. The van der Waals surface area contributed by atoms with Gasteiger partial charge in [-0.1, -0.05) is 17.8 Å². The second-order valence-electron chi connectivity index (χ2n) is 6.49. The molecule has 4 nitrogen and oxygen atoms in total. The normalized spacial score (nSPS) is 16.9. The van der Waals surface area contributed by atoms with Gasteiger partial charge in [-0.05, 0) is 68.8 Å². The first-order valence-electron chi connectivity index (χ1n) is 9.10. The second-order valence-corrected chi connectivity index (χ2v) is 7.56. The van der Waals surface area contributed by atoms with Gasteiger partial charge in [0, 0.05) is 22.7 Å². The van der Waals surface area contributed by atoms with E-state index in [2.05, 4.69) is 10.3 Å². The average Bonchev–Trinajstić information content (AvgIpc) is 2.96. The minimum absolute atomic E-state index is 0. The third-order valence-corrected chi connectivity index (χ3v) is 5.35. The van der Waals surface area contributed by atoms with Crippen LogP contribution >= 0.6 is 24.2 Å². The van der Waals surface area contributed by atoms with E-state index in [0.717, 1.165) is 38.0 Å². The Bertz CT molecular complexity index is 726. The smallest absolute Gasteiger partial charge is 0.288 e. The fraction of sp³-hybridized carbons (Fsp3) is 0.400. The molecular weight excluding hydrogens is 404 g/mol. The number of rotatable bonds is 6. The highest BCUT2D eigenvalue weighted by Gasteiger charge is 2.26. The molecule has 1 aromatic carbocycles. The lowest BCUT2D eigenvalue weighted by Gasteiger charge is -2.31. The van der Waals surface area contributed by atoms with Gasteiger partial charge in [0.05, 0.1) is 12.2 Å². The van der Waals surface area contributed by atoms with Crippen molar-refractivity contribution in [3.05, 3.63) is 59.9 Å². The van der Waals surface area contributed by atoms with Gasteiger partial charge < -0.3 is 10.2 Å². The zero-order valence-corrected chi connectivity index (χ0v) is 17.0. The molecule has 3 rings (SSSR count). The summed E-state index contributed by atoms with van der Waals surface area (Å²) in [6.45, 7) is 2.28. The number of benzene rings is 1. The molecule has 0 saturated carbocycles. The molecule has 2 aromatic rings. The Morgan fingerprint density at radius 2 is 1.96 bits per heavy atom. The van der Waals surface area contributed by atoms with Crippen LogP contribution in [0.3, 0.4) is 0 Å². The molecule has 1 aromatic heterocycles. The Kier molecular flexibility index (Phi) is 9.15. The molecule has 1 amide bonds. The average molecular weight is 428 g/mol. The van der Waals surface area contributed by atoms with E-state index < -0.39 is 5.76 Å². The summed E-state index contributed by atoms with van der Waals surface area (Å²) in [5.41, 5.74) is 1.36. The SMILES string of the molecule is Cl.O=C(c1ccc(SC(F)F)cc1)N(Cc1ccccn1)C1CCCNCC1. The van der Waals surface area contributed by atoms with Gasteiger partial charge in [0.2, 0.25) is 0 Å². The Morgan fingerprint density at radius 1 is 1.18 bits per heavy atom. The molecule has 8 heteroatoms. The summed E-state index contributed by atoms with van der Waals surface area (Å²) in [4.78, 5) is 19.9. The molecule has 1 unspecified atom stereocenters. The number of alkyl halides is 2. The number of nitrogens with one attached hydrogen (secondary N) is 1. The van der Waals surface area contributed by atoms with Gasteiger partial charge in [-0.15, -0.1) is 12.4 Å². The molecule has 1 fully saturated rings. The first kappa shape index (κ1) is 22.6. The van der Waals surface area contributed by atoms with Crippen LogP contribution in [0.4, 0.5) is 8.78 Å². The zero-order valence-electron chi connectivity index (χ0n) is 15.4. The van der Waals surface area contributed by atoms with Crippen molar-refractivity contribution >= 4 is 30.1 Å². The summed E-state index contributed by atoms with van der Waals surface area (Å²) in [5, 5.41) is 3.37. The van der Waals surface area contributed by atoms with Crippen molar-refractivity contribution in [2.45, 2.75) is 42.5 Å². The zero-order chi connectivity index (χ0) is 19.1. The Labute approximate surface area is 174 Å². The molecule has 0 aliphatic carbocycles. The molecule has 0 radical (unpaired) electrons. The Hall–Kier alpha value is -1.70. The van der Waals surface area contributed by atoms with Crippen LogP contribution in [0.15, 0.2) is 53.6 Å². The number of halogens is 3. The van der Waals surface area contributed by atoms with E-state index >= 15 is 0 Å². The topological polar surface area (TPSA) is 45.2 Å². The lowest BCUT2D eigenvalue weighted by atomic mass is 10.0. The fourth-order valence-electron chi connectivity index (χ4n) is 3.29. The van der Waals surface area contributed by atoms with Crippen LogP contribution in [0.2, 0.25) is 0 Å². The van der Waals surface area contributed by atoms with Gasteiger partial charge in [-0.2, -0.15) is 8.78 Å². The monoisotopic (exact) mass is 427 g/mol. The van der Waals surface area contributed by atoms with E-state index in [-0.39, 0.29) is 24.4 Å². The minimum atomic E-state index is -2.47. The third kappa shape index (κ3) is 6.43. The fourth-order valence-corrected chi connectivity index (χ4v) is 3.79. The molecule has 1 N–H and O–H groups in total. The van der Waals surface area contributed by atoms with Crippen LogP contribution in [0, 0.1) is 0 Å². The molecule has 28 heavy (non-hydrogen) atoms. The second kappa shape index (κ2) is 11.3. The van der Waals surface area contributed by atoms with Crippen molar-refractivity contribution in [2.75, 3.05) is 13.1 Å². The number of amides is 1. The van der Waals surface area contributed by atoms with Crippen molar-refractivity contribution in [3.8, 4) is 0 Å². The van der Waals surface area contributed by atoms with E-state index in [0.29, 0.717) is 28.8 Å². The van der Waals surface area contributed by atoms with Gasteiger partial charge in [-0.25, -0.2) is 0 Å². The van der Waals surface area contributed by atoms with E-state index in [1.54, 1.807) is 30.5 Å². The standard InChI is InChI=1S/C20H23F2N3OS.ClH/c21-20(22)27-18-8-6-15(7-9-18)19(26)25(14-16-4-1-2-12-24-16)17-5-3-11-23-13-10-17;/h1-2,4,6-9,12,17,20,23H,3,5,10-11,13-14H2;1H. The number of hydrogen-bond acceptors (Lipinski definition) is 4. The molecule has 0 spiro atoms. The van der Waals surface area contributed by atoms with E-state index in [1.807, 2.05) is 23.1 Å². The lowest BCUT2D eigenvalue weighted by molar-refractivity contribution is 0.0642. The molecule has 1 saturated heterocycles. The minimum Gasteiger partial charge on any atom is -0.330 e. The molecule has 0 bridgehead atoms. The highest BCUT2D eigenvalue weighted by atomic mass is 35.5. The van der Waals surface area contributed by atoms with Crippen LogP contribution in [0.25, 0.3) is 0 Å². The van der Waals surface area contributed by atoms with Crippen LogP contribution in [-0.2, 0) is 6.54 Å².